The smallest absolute Gasteiger partial charge is 0.00239 e. The van der Waals surface area contributed by atoms with Crippen LogP contribution in [0.5, 0.6) is 0 Å². The molecule has 0 radical (unpaired) electrons. The Morgan fingerprint density at radius 1 is 0.556 bits per heavy atom. The Morgan fingerprint density at radius 2 is 1.00 bits per heavy atom. The maximum Gasteiger partial charge on any atom is -0.00239 e. The van der Waals surface area contributed by atoms with Crippen LogP contribution in [-0.2, 0) is 0 Å². The minimum atomic E-state index is 1.35. The fraction of sp³-hybridized carbons (Fsp3) is 0.111. The normalized spacial score (nSPS) is 11.9. The van der Waals surface area contributed by atoms with Crippen LogP contribution >= 0.6 is 0 Å². The lowest BCUT2D eigenvalue weighted by Gasteiger charge is -2.15. The van der Waals surface area contributed by atoms with Crippen molar-refractivity contribution in [2.24, 2.45) is 0 Å². The van der Waals surface area contributed by atoms with E-state index in [9.17, 15) is 0 Å². The van der Waals surface area contributed by atoms with E-state index in [-0.39, 0.29) is 0 Å². The van der Waals surface area contributed by atoms with Crippen molar-refractivity contribution in [3.8, 4) is 0 Å². The Balaban J connectivity index is 2.52. The standard InChI is InChI=1S/C18H14/c1-11-12(2)16-8-4-6-14-10-9-13-5-3-7-15(11)17(13)18(14)16/h3-10H,1-2H3. The third-order valence-corrected chi connectivity index (χ3v) is 4.26. The van der Waals surface area contributed by atoms with Gasteiger partial charge in [0.25, 0.3) is 0 Å². The molecule has 86 valence electrons. The quantitative estimate of drug-likeness (QED) is 0.364. The highest BCUT2D eigenvalue weighted by Gasteiger charge is 2.12. The zero-order valence-electron chi connectivity index (χ0n) is 10.6. The van der Waals surface area contributed by atoms with Crippen LogP contribution < -0.4 is 0 Å². The second kappa shape index (κ2) is 3.23. The predicted octanol–water partition coefficient (Wildman–Crippen LogP) is 5.20. The number of rotatable bonds is 0. The zero-order valence-corrected chi connectivity index (χ0v) is 10.6. The molecule has 0 heteroatoms. The van der Waals surface area contributed by atoms with Gasteiger partial charge in [0.05, 0.1) is 0 Å². The van der Waals surface area contributed by atoms with E-state index in [1.54, 1.807) is 0 Å². The fourth-order valence-corrected chi connectivity index (χ4v) is 3.18. The van der Waals surface area contributed by atoms with Crippen LogP contribution in [0.3, 0.4) is 0 Å². The molecule has 0 N–H and O–H groups in total. The molecule has 0 aliphatic heterocycles. The minimum Gasteiger partial charge on any atom is -0.0610 e. The number of hydrogen-bond donors (Lipinski definition) is 0. The Kier molecular flexibility index (Phi) is 1.78. The van der Waals surface area contributed by atoms with Crippen LogP contribution in [0.2, 0.25) is 0 Å². The van der Waals surface area contributed by atoms with E-state index in [1.165, 1.54) is 43.4 Å². The van der Waals surface area contributed by atoms with Gasteiger partial charge in [0, 0.05) is 0 Å². The van der Waals surface area contributed by atoms with Crippen LogP contribution in [0.25, 0.3) is 32.3 Å². The lowest BCUT2D eigenvalue weighted by atomic mass is 9.88. The van der Waals surface area contributed by atoms with Crippen molar-refractivity contribution in [2.45, 2.75) is 13.8 Å². The van der Waals surface area contributed by atoms with Gasteiger partial charge in [-0.3, -0.25) is 0 Å². The van der Waals surface area contributed by atoms with Crippen LogP contribution in [0.4, 0.5) is 0 Å². The summed E-state index contributed by atoms with van der Waals surface area (Å²) >= 11 is 0. The van der Waals surface area contributed by atoms with Crippen molar-refractivity contribution >= 4 is 32.3 Å². The molecule has 0 atom stereocenters. The molecular formula is C18H14. The van der Waals surface area contributed by atoms with Gasteiger partial charge in [-0.1, -0.05) is 48.5 Å². The van der Waals surface area contributed by atoms with E-state index in [0.717, 1.165) is 0 Å². The van der Waals surface area contributed by atoms with Gasteiger partial charge in [0.2, 0.25) is 0 Å². The topological polar surface area (TPSA) is 0 Å². The molecule has 0 fully saturated rings. The average Bonchev–Trinajstić information content (AvgIpc) is 2.43. The summed E-state index contributed by atoms with van der Waals surface area (Å²) in [7, 11) is 0. The van der Waals surface area contributed by atoms with Gasteiger partial charge in [-0.05, 0) is 57.3 Å². The van der Waals surface area contributed by atoms with Crippen LogP contribution in [0.15, 0.2) is 48.5 Å². The van der Waals surface area contributed by atoms with Crippen molar-refractivity contribution in [1.29, 1.82) is 0 Å². The predicted molar refractivity (Wildman–Crippen MR) is 79.6 cm³/mol. The second-order valence-corrected chi connectivity index (χ2v) is 5.12. The Labute approximate surface area is 106 Å². The van der Waals surface area contributed by atoms with Crippen molar-refractivity contribution < 1.29 is 0 Å². The highest BCUT2D eigenvalue weighted by atomic mass is 14.2. The molecule has 0 unspecified atom stereocenters. The van der Waals surface area contributed by atoms with Crippen molar-refractivity contribution in [3.63, 3.8) is 0 Å². The van der Waals surface area contributed by atoms with Gasteiger partial charge < -0.3 is 0 Å². The first-order valence-corrected chi connectivity index (χ1v) is 6.40. The molecule has 0 aromatic heterocycles. The van der Waals surface area contributed by atoms with Crippen LogP contribution in [0.1, 0.15) is 11.1 Å². The van der Waals surface area contributed by atoms with Gasteiger partial charge >= 0.3 is 0 Å². The molecule has 0 heterocycles. The minimum absolute atomic E-state index is 1.35. The summed E-state index contributed by atoms with van der Waals surface area (Å²) in [6.45, 7) is 4.47. The Hall–Kier alpha value is -2.08. The third-order valence-electron chi connectivity index (χ3n) is 4.26. The molecule has 0 aliphatic rings. The molecule has 0 spiro atoms. The van der Waals surface area contributed by atoms with E-state index >= 15 is 0 Å². The van der Waals surface area contributed by atoms with Crippen LogP contribution in [-0.4, -0.2) is 0 Å². The lowest BCUT2D eigenvalue weighted by Crippen LogP contribution is -1.90. The van der Waals surface area contributed by atoms with Gasteiger partial charge in [-0.25, -0.2) is 0 Å². The third kappa shape index (κ3) is 1.06. The van der Waals surface area contributed by atoms with E-state index in [0.29, 0.717) is 0 Å². The average molecular weight is 230 g/mol. The molecule has 4 rings (SSSR count). The summed E-state index contributed by atoms with van der Waals surface area (Å²) < 4.78 is 0. The summed E-state index contributed by atoms with van der Waals surface area (Å²) in [5, 5.41) is 8.34. The highest BCUT2D eigenvalue weighted by Crippen LogP contribution is 2.38. The molecule has 4 aromatic carbocycles. The van der Waals surface area contributed by atoms with Crippen molar-refractivity contribution in [1.82, 2.24) is 0 Å². The number of benzene rings is 4. The second-order valence-electron chi connectivity index (χ2n) is 5.12. The molecule has 0 saturated heterocycles. The van der Waals surface area contributed by atoms with E-state index < -0.39 is 0 Å². The van der Waals surface area contributed by atoms with Crippen molar-refractivity contribution in [3.05, 3.63) is 59.7 Å². The highest BCUT2D eigenvalue weighted by molar-refractivity contribution is 6.24. The fourth-order valence-electron chi connectivity index (χ4n) is 3.18. The van der Waals surface area contributed by atoms with Crippen molar-refractivity contribution in [2.75, 3.05) is 0 Å². The molecule has 0 aliphatic carbocycles. The molecule has 18 heavy (non-hydrogen) atoms. The summed E-state index contributed by atoms with van der Waals surface area (Å²) in [4.78, 5) is 0. The monoisotopic (exact) mass is 230 g/mol. The number of hydrogen-bond acceptors (Lipinski definition) is 0. The SMILES string of the molecule is Cc1c(C)c2cccc3ccc4cccc1c4c32. The maximum atomic E-state index is 2.25. The summed E-state index contributed by atoms with van der Waals surface area (Å²) in [5.41, 5.74) is 2.82. The van der Waals surface area contributed by atoms with Gasteiger partial charge in [0.15, 0.2) is 0 Å². The summed E-state index contributed by atoms with van der Waals surface area (Å²) in [5.74, 6) is 0. The first-order valence-electron chi connectivity index (χ1n) is 6.40. The largest absolute Gasteiger partial charge is 0.0610 e. The lowest BCUT2D eigenvalue weighted by molar-refractivity contribution is 1.42. The first kappa shape index (κ1) is 9.90. The summed E-state index contributed by atoms with van der Waals surface area (Å²) in [6, 6.07) is 17.7. The molecule has 0 nitrogen and oxygen atoms in total. The first-order chi connectivity index (χ1) is 8.77. The maximum absolute atomic E-state index is 2.25. The molecule has 4 aromatic rings. The van der Waals surface area contributed by atoms with Gasteiger partial charge in [-0.2, -0.15) is 0 Å². The molecule has 0 bridgehead atoms. The Bertz CT molecular complexity index is 809. The van der Waals surface area contributed by atoms with Gasteiger partial charge in [-0.15, -0.1) is 0 Å². The zero-order chi connectivity index (χ0) is 12.3. The molecular weight excluding hydrogens is 216 g/mol. The van der Waals surface area contributed by atoms with Gasteiger partial charge in [0.1, 0.15) is 0 Å². The van der Waals surface area contributed by atoms with E-state index in [4.69, 9.17) is 0 Å². The number of aryl methyl sites for hydroxylation is 2. The van der Waals surface area contributed by atoms with E-state index in [1.807, 2.05) is 0 Å². The van der Waals surface area contributed by atoms with E-state index in [2.05, 4.69) is 62.4 Å². The molecule has 0 amide bonds. The summed E-state index contributed by atoms with van der Waals surface area (Å²) in [6.07, 6.45) is 0. The molecule has 0 saturated carbocycles. The Morgan fingerprint density at radius 3 is 1.44 bits per heavy atom. The van der Waals surface area contributed by atoms with Crippen LogP contribution in [0, 0.1) is 13.8 Å².